The first-order valence-electron chi connectivity index (χ1n) is 5.64. The van der Waals surface area contributed by atoms with E-state index >= 15 is 0 Å². The summed E-state index contributed by atoms with van der Waals surface area (Å²) in [5.41, 5.74) is 7.46. The van der Waals surface area contributed by atoms with Crippen LogP contribution in [0.4, 0.5) is 5.69 Å². The van der Waals surface area contributed by atoms with Crippen LogP contribution in [-0.4, -0.2) is 19.9 Å². The van der Waals surface area contributed by atoms with Gasteiger partial charge in [0.05, 0.1) is 0 Å². The molecule has 96 valence electrons. The van der Waals surface area contributed by atoms with Crippen LogP contribution in [0.2, 0.25) is 0 Å². The highest BCUT2D eigenvalue weighted by atomic mass is 16.2. The molecule has 0 atom stereocenters. The predicted molar refractivity (Wildman–Crippen MR) is 71.9 cm³/mol. The standard InChI is InChI=1S/C12H11N5O2/c1-5-3-2-4-6(13)7(5)9-14-8-10(15-9)16-12(19)17-11(8)18/h2-4H,13H2,1H3,(H3,14,15,16,17,18,19). The van der Waals surface area contributed by atoms with Crippen molar-refractivity contribution < 1.29 is 0 Å². The number of hydrogen-bond acceptors (Lipinski definition) is 4. The number of anilines is 1. The summed E-state index contributed by atoms with van der Waals surface area (Å²) in [4.78, 5) is 34.5. The SMILES string of the molecule is Cc1cccc(N)c1-c1nc2[nH]c(=O)[nH]c(=O)c2[nH]1. The average Bonchev–Trinajstić information content (AvgIpc) is 2.72. The Morgan fingerprint density at radius 1 is 1.16 bits per heavy atom. The zero-order valence-electron chi connectivity index (χ0n) is 10.1. The molecule has 0 saturated heterocycles. The first kappa shape index (κ1) is 11.3. The fourth-order valence-corrected chi connectivity index (χ4v) is 2.06. The molecule has 0 aliphatic heterocycles. The van der Waals surface area contributed by atoms with Crippen molar-refractivity contribution in [3.63, 3.8) is 0 Å². The maximum atomic E-state index is 11.6. The molecular formula is C12H11N5O2. The zero-order valence-corrected chi connectivity index (χ0v) is 10.1. The lowest BCUT2D eigenvalue weighted by Gasteiger charge is -2.05. The van der Waals surface area contributed by atoms with E-state index in [9.17, 15) is 9.59 Å². The fourth-order valence-electron chi connectivity index (χ4n) is 2.06. The van der Waals surface area contributed by atoms with Gasteiger partial charge in [-0.15, -0.1) is 0 Å². The third-order valence-electron chi connectivity index (χ3n) is 2.93. The van der Waals surface area contributed by atoms with Gasteiger partial charge in [0.25, 0.3) is 5.56 Å². The second-order valence-corrected chi connectivity index (χ2v) is 4.26. The number of nitrogens with zero attached hydrogens (tertiary/aromatic N) is 1. The molecule has 0 amide bonds. The summed E-state index contributed by atoms with van der Waals surface area (Å²) >= 11 is 0. The minimum absolute atomic E-state index is 0.214. The van der Waals surface area contributed by atoms with Crippen molar-refractivity contribution in [3.8, 4) is 11.4 Å². The monoisotopic (exact) mass is 257 g/mol. The van der Waals surface area contributed by atoms with E-state index in [-0.39, 0.29) is 11.2 Å². The third kappa shape index (κ3) is 1.71. The first-order valence-corrected chi connectivity index (χ1v) is 5.64. The zero-order chi connectivity index (χ0) is 13.6. The predicted octanol–water partition coefficient (Wildman–Crippen LogP) is 0.497. The van der Waals surface area contributed by atoms with Crippen molar-refractivity contribution >= 4 is 16.9 Å². The van der Waals surface area contributed by atoms with Gasteiger partial charge in [-0.2, -0.15) is 0 Å². The van der Waals surface area contributed by atoms with Gasteiger partial charge < -0.3 is 10.7 Å². The van der Waals surface area contributed by atoms with Crippen molar-refractivity contribution in [2.75, 3.05) is 5.73 Å². The van der Waals surface area contributed by atoms with Gasteiger partial charge in [-0.1, -0.05) is 12.1 Å². The van der Waals surface area contributed by atoms with Crippen LogP contribution in [0.25, 0.3) is 22.6 Å². The normalized spacial score (nSPS) is 11.0. The van der Waals surface area contributed by atoms with Crippen LogP contribution < -0.4 is 17.0 Å². The van der Waals surface area contributed by atoms with Gasteiger partial charge in [-0.3, -0.25) is 14.8 Å². The summed E-state index contributed by atoms with van der Waals surface area (Å²) in [6, 6.07) is 5.49. The topological polar surface area (TPSA) is 120 Å². The maximum absolute atomic E-state index is 11.6. The summed E-state index contributed by atoms with van der Waals surface area (Å²) in [7, 11) is 0. The van der Waals surface area contributed by atoms with E-state index < -0.39 is 11.2 Å². The number of aromatic nitrogens is 4. The van der Waals surface area contributed by atoms with Gasteiger partial charge in [0.15, 0.2) is 5.65 Å². The lowest BCUT2D eigenvalue weighted by Crippen LogP contribution is -2.21. The summed E-state index contributed by atoms with van der Waals surface area (Å²) in [6.07, 6.45) is 0. The van der Waals surface area contributed by atoms with E-state index in [1.807, 2.05) is 19.1 Å². The average molecular weight is 257 g/mol. The molecule has 0 aliphatic carbocycles. The van der Waals surface area contributed by atoms with Crippen molar-refractivity contribution in [3.05, 3.63) is 44.6 Å². The van der Waals surface area contributed by atoms with Crippen LogP contribution in [0.15, 0.2) is 27.8 Å². The molecular weight excluding hydrogens is 246 g/mol. The Hall–Kier alpha value is -2.83. The molecule has 7 nitrogen and oxygen atoms in total. The molecule has 0 aliphatic rings. The van der Waals surface area contributed by atoms with E-state index in [1.165, 1.54) is 0 Å². The number of benzene rings is 1. The van der Waals surface area contributed by atoms with Gasteiger partial charge in [-0.25, -0.2) is 9.78 Å². The molecule has 19 heavy (non-hydrogen) atoms. The molecule has 7 heteroatoms. The second kappa shape index (κ2) is 3.84. The van der Waals surface area contributed by atoms with Crippen LogP contribution in [-0.2, 0) is 0 Å². The molecule has 1 aromatic carbocycles. The van der Waals surface area contributed by atoms with Gasteiger partial charge in [-0.05, 0) is 18.6 Å². The number of rotatable bonds is 1. The molecule has 3 aromatic rings. The highest BCUT2D eigenvalue weighted by molar-refractivity contribution is 5.81. The molecule has 0 saturated carbocycles. The smallest absolute Gasteiger partial charge is 0.327 e. The molecule has 0 fully saturated rings. The maximum Gasteiger partial charge on any atom is 0.327 e. The molecule has 0 spiro atoms. The first-order chi connectivity index (χ1) is 9.06. The second-order valence-electron chi connectivity index (χ2n) is 4.26. The number of H-pyrrole nitrogens is 3. The Balaban J connectivity index is 2.36. The van der Waals surface area contributed by atoms with E-state index in [0.29, 0.717) is 11.5 Å². The molecule has 3 rings (SSSR count). The van der Waals surface area contributed by atoms with E-state index in [2.05, 4.69) is 19.9 Å². The van der Waals surface area contributed by atoms with Gasteiger partial charge in [0.2, 0.25) is 0 Å². The van der Waals surface area contributed by atoms with Crippen molar-refractivity contribution in [1.29, 1.82) is 0 Å². The van der Waals surface area contributed by atoms with Crippen LogP contribution >= 0.6 is 0 Å². The Morgan fingerprint density at radius 3 is 2.68 bits per heavy atom. The molecule has 0 bridgehead atoms. The molecule has 5 N–H and O–H groups in total. The molecule has 0 radical (unpaired) electrons. The Labute approximate surface area is 106 Å². The number of nitrogens with one attached hydrogen (secondary N) is 3. The Bertz CT molecular complexity index is 867. The van der Waals surface area contributed by atoms with Crippen molar-refractivity contribution in [1.82, 2.24) is 19.9 Å². The third-order valence-corrected chi connectivity index (χ3v) is 2.93. The Morgan fingerprint density at radius 2 is 1.95 bits per heavy atom. The van der Waals surface area contributed by atoms with Crippen molar-refractivity contribution in [2.45, 2.75) is 6.92 Å². The summed E-state index contributed by atoms with van der Waals surface area (Å²) < 4.78 is 0. The van der Waals surface area contributed by atoms with Crippen LogP contribution in [0.1, 0.15) is 5.56 Å². The van der Waals surface area contributed by atoms with E-state index in [1.54, 1.807) is 6.07 Å². The van der Waals surface area contributed by atoms with Gasteiger partial charge >= 0.3 is 5.69 Å². The Kier molecular flexibility index (Phi) is 2.28. The molecule has 2 heterocycles. The number of nitrogens with two attached hydrogens (primary N) is 1. The largest absolute Gasteiger partial charge is 0.398 e. The number of nitrogen functional groups attached to an aromatic ring is 1. The van der Waals surface area contributed by atoms with Crippen LogP contribution in [0.3, 0.4) is 0 Å². The number of aromatic amines is 3. The highest BCUT2D eigenvalue weighted by Crippen LogP contribution is 2.27. The molecule has 2 aromatic heterocycles. The fraction of sp³-hybridized carbons (Fsp3) is 0.0833. The summed E-state index contributed by atoms with van der Waals surface area (Å²) in [5.74, 6) is 0.456. The van der Waals surface area contributed by atoms with Crippen LogP contribution in [0, 0.1) is 6.92 Å². The van der Waals surface area contributed by atoms with Crippen LogP contribution in [0.5, 0.6) is 0 Å². The van der Waals surface area contributed by atoms with E-state index in [0.717, 1.165) is 11.1 Å². The number of imidazole rings is 1. The number of fused-ring (bicyclic) bond motifs is 1. The minimum Gasteiger partial charge on any atom is -0.398 e. The molecule has 0 unspecified atom stereocenters. The summed E-state index contributed by atoms with van der Waals surface area (Å²) in [6.45, 7) is 1.89. The lowest BCUT2D eigenvalue weighted by molar-refractivity contribution is 1.07. The quantitative estimate of drug-likeness (QED) is 0.474. The van der Waals surface area contributed by atoms with E-state index in [4.69, 9.17) is 5.73 Å². The van der Waals surface area contributed by atoms with Crippen molar-refractivity contribution in [2.24, 2.45) is 0 Å². The van der Waals surface area contributed by atoms with Gasteiger partial charge in [0, 0.05) is 11.3 Å². The van der Waals surface area contributed by atoms with Gasteiger partial charge in [0.1, 0.15) is 11.3 Å². The number of aryl methyl sites for hydroxylation is 1. The number of hydrogen-bond donors (Lipinski definition) is 4. The minimum atomic E-state index is -0.590. The lowest BCUT2D eigenvalue weighted by atomic mass is 10.1. The highest BCUT2D eigenvalue weighted by Gasteiger charge is 2.13. The summed E-state index contributed by atoms with van der Waals surface area (Å²) in [5, 5.41) is 0.